The average molecular weight is 215 g/mol. The van der Waals surface area contributed by atoms with Gasteiger partial charge in [-0.2, -0.15) is 11.8 Å². The SMILES string of the molecule is CSC1CCC(NC2CCOC2=O)C1. The van der Waals surface area contributed by atoms with Crippen LogP contribution in [0.4, 0.5) is 0 Å². The minimum atomic E-state index is -0.0578. The van der Waals surface area contributed by atoms with Crippen LogP contribution in [-0.2, 0) is 9.53 Å². The van der Waals surface area contributed by atoms with Crippen LogP contribution in [0.15, 0.2) is 0 Å². The lowest BCUT2D eigenvalue weighted by atomic mass is 10.2. The van der Waals surface area contributed by atoms with E-state index in [0.717, 1.165) is 11.7 Å². The summed E-state index contributed by atoms with van der Waals surface area (Å²) < 4.78 is 4.92. The summed E-state index contributed by atoms with van der Waals surface area (Å²) in [6.07, 6.45) is 6.69. The van der Waals surface area contributed by atoms with Gasteiger partial charge in [0.05, 0.1) is 6.61 Å². The van der Waals surface area contributed by atoms with Gasteiger partial charge in [-0.15, -0.1) is 0 Å². The van der Waals surface area contributed by atoms with E-state index in [1.165, 1.54) is 19.3 Å². The molecule has 0 amide bonds. The van der Waals surface area contributed by atoms with E-state index in [2.05, 4.69) is 11.6 Å². The molecular formula is C10H17NO2S. The molecule has 1 N–H and O–H groups in total. The first-order chi connectivity index (χ1) is 6.79. The molecule has 3 unspecified atom stereocenters. The lowest BCUT2D eigenvalue weighted by Crippen LogP contribution is -2.39. The van der Waals surface area contributed by atoms with E-state index in [9.17, 15) is 4.79 Å². The van der Waals surface area contributed by atoms with E-state index in [1.807, 2.05) is 11.8 Å². The van der Waals surface area contributed by atoms with Crippen LogP contribution in [0.3, 0.4) is 0 Å². The highest BCUT2D eigenvalue weighted by atomic mass is 32.2. The van der Waals surface area contributed by atoms with E-state index >= 15 is 0 Å². The fourth-order valence-electron chi connectivity index (χ4n) is 2.24. The fourth-order valence-corrected chi connectivity index (χ4v) is 3.03. The average Bonchev–Trinajstić information content (AvgIpc) is 2.77. The molecule has 1 aliphatic carbocycles. The van der Waals surface area contributed by atoms with Gasteiger partial charge in [0.15, 0.2) is 0 Å². The third-order valence-corrected chi connectivity index (χ3v) is 4.18. The molecule has 0 bridgehead atoms. The number of carbonyl (C=O) groups excluding carboxylic acids is 1. The highest BCUT2D eigenvalue weighted by Crippen LogP contribution is 2.28. The van der Waals surface area contributed by atoms with Crippen molar-refractivity contribution in [1.82, 2.24) is 5.32 Å². The Balaban J connectivity index is 1.78. The number of hydrogen-bond donors (Lipinski definition) is 1. The summed E-state index contributed by atoms with van der Waals surface area (Å²) in [6, 6.07) is 0.503. The topological polar surface area (TPSA) is 38.3 Å². The van der Waals surface area contributed by atoms with Gasteiger partial charge in [-0.05, 0) is 25.5 Å². The molecule has 1 aliphatic heterocycles. The van der Waals surface area contributed by atoms with Gasteiger partial charge < -0.3 is 10.1 Å². The molecule has 1 heterocycles. The van der Waals surface area contributed by atoms with Crippen LogP contribution in [0.1, 0.15) is 25.7 Å². The molecule has 0 aromatic heterocycles. The molecule has 2 rings (SSSR count). The quantitative estimate of drug-likeness (QED) is 0.717. The summed E-state index contributed by atoms with van der Waals surface area (Å²) in [5.74, 6) is -0.0578. The Bertz CT molecular complexity index is 222. The molecule has 2 fully saturated rings. The largest absolute Gasteiger partial charge is 0.464 e. The first-order valence-electron chi connectivity index (χ1n) is 5.25. The fraction of sp³-hybridized carbons (Fsp3) is 0.900. The Morgan fingerprint density at radius 3 is 2.86 bits per heavy atom. The van der Waals surface area contributed by atoms with Crippen molar-refractivity contribution in [3.05, 3.63) is 0 Å². The molecule has 4 heteroatoms. The van der Waals surface area contributed by atoms with Crippen LogP contribution in [0.5, 0.6) is 0 Å². The number of hydrogen-bond acceptors (Lipinski definition) is 4. The molecule has 3 atom stereocenters. The zero-order valence-electron chi connectivity index (χ0n) is 8.49. The molecule has 80 valence electrons. The normalized spacial score (nSPS) is 37.5. The molecule has 0 spiro atoms. The van der Waals surface area contributed by atoms with Gasteiger partial charge in [0, 0.05) is 17.7 Å². The molecule has 3 nitrogen and oxygen atoms in total. The van der Waals surface area contributed by atoms with Crippen LogP contribution in [0.2, 0.25) is 0 Å². The molecule has 0 aromatic carbocycles. The lowest BCUT2D eigenvalue weighted by Gasteiger charge is -2.15. The number of thioether (sulfide) groups is 1. The number of nitrogens with one attached hydrogen (secondary N) is 1. The summed E-state index contributed by atoms with van der Waals surface area (Å²) in [5, 5.41) is 4.19. The second-order valence-corrected chi connectivity index (χ2v) is 5.18. The van der Waals surface area contributed by atoms with Crippen molar-refractivity contribution in [3.8, 4) is 0 Å². The van der Waals surface area contributed by atoms with Crippen LogP contribution >= 0.6 is 11.8 Å². The van der Waals surface area contributed by atoms with E-state index in [-0.39, 0.29) is 12.0 Å². The molecule has 1 saturated carbocycles. The van der Waals surface area contributed by atoms with Gasteiger partial charge >= 0.3 is 5.97 Å². The van der Waals surface area contributed by atoms with Crippen molar-refractivity contribution in [3.63, 3.8) is 0 Å². The number of carbonyl (C=O) groups is 1. The van der Waals surface area contributed by atoms with E-state index in [1.54, 1.807) is 0 Å². The number of esters is 1. The van der Waals surface area contributed by atoms with Gasteiger partial charge in [0.25, 0.3) is 0 Å². The highest BCUT2D eigenvalue weighted by Gasteiger charge is 2.31. The summed E-state index contributed by atoms with van der Waals surface area (Å²) in [6.45, 7) is 0.592. The van der Waals surface area contributed by atoms with E-state index < -0.39 is 0 Å². The van der Waals surface area contributed by atoms with Crippen LogP contribution in [0.25, 0.3) is 0 Å². The zero-order valence-corrected chi connectivity index (χ0v) is 9.31. The van der Waals surface area contributed by atoms with Gasteiger partial charge in [-0.1, -0.05) is 0 Å². The number of ether oxygens (including phenoxy) is 1. The molecule has 0 aromatic rings. The molecule has 1 saturated heterocycles. The number of cyclic esters (lactones) is 1. The molecule has 0 radical (unpaired) electrons. The highest BCUT2D eigenvalue weighted by molar-refractivity contribution is 7.99. The lowest BCUT2D eigenvalue weighted by molar-refractivity contribution is -0.139. The second kappa shape index (κ2) is 4.53. The smallest absolute Gasteiger partial charge is 0.323 e. The Labute approximate surface area is 89.0 Å². The Hall–Kier alpha value is -0.220. The summed E-state index contributed by atoms with van der Waals surface area (Å²) in [7, 11) is 0. The van der Waals surface area contributed by atoms with Gasteiger partial charge in [0.2, 0.25) is 0 Å². The summed E-state index contributed by atoms with van der Waals surface area (Å²) in [4.78, 5) is 11.2. The van der Waals surface area contributed by atoms with Crippen molar-refractivity contribution < 1.29 is 9.53 Å². The third-order valence-electron chi connectivity index (χ3n) is 3.09. The first-order valence-corrected chi connectivity index (χ1v) is 6.54. The van der Waals surface area contributed by atoms with Crippen LogP contribution in [-0.4, -0.2) is 36.2 Å². The van der Waals surface area contributed by atoms with Crippen molar-refractivity contribution in [2.75, 3.05) is 12.9 Å². The van der Waals surface area contributed by atoms with Crippen LogP contribution in [0, 0.1) is 0 Å². The van der Waals surface area contributed by atoms with Crippen LogP contribution < -0.4 is 5.32 Å². The number of rotatable bonds is 3. The minimum Gasteiger partial charge on any atom is -0.464 e. The van der Waals surface area contributed by atoms with Gasteiger partial charge in [-0.3, -0.25) is 4.79 Å². The summed E-state index contributed by atoms with van der Waals surface area (Å²) in [5.41, 5.74) is 0. The van der Waals surface area contributed by atoms with Crippen molar-refractivity contribution in [1.29, 1.82) is 0 Å². The van der Waals surface area contributed by atoms with E-state index in [0.29, 0.717) is 12.6 Å². The molecular weight excluding hydrogens is 198 g/mol. The van der Waals surface area contributed by atoms with Crippen molar-refractivity contribution >= 4 is 17.7 Å². The van der Waals surface area contributed by atoms with Gasteiger partial charge in [0.1, 0.15) is 6.04 Å². The van der Waals surface area contributed by atoms with Crippen molar-refractivity contribution in [2.24, 2.45) is 0 Å². The molecule has 14 heavy (non-hydrogen) atoms. The Kier molecular flexibility index (Phi) is 3.34. The van der Waals surface area contributed by atoms with Gasteiger partial charge in [-0.25, -0.2) is 0 Å². The van der Waals surface area contributed by atoms with Crippen molar-refractivity contribution in [2.45, 2.75) is 43.0 Å². The Morgan fingerprint density at radius 2 is 2.29 bits per heavy atom. The predicted octanol–water partition coefficient (Wildman–Crippen LogP) is 1.18. The molecule has 2 aliphatic rings. The second-order valence-electron chi connectivity index (χ2n) is 4.04. The zero-order chi connectivity index (χ0) is 9.97. The maximum Gasteiger partial charge on any atom is 0.323 e. The minimum absolute atomic E-state index is 0.0272. The predicted molar refractivity (Wildman–Crippen MR) is 57.4 cm³/mol. The standard InChI is InChI=1S/C10H17NO2S/c1-14-8-3-2-7(6-8)11-9-4-5-13-10(9)12/h7-9,11H,2-6H2,1H3. The Morgan fingerprint density at radius 1 is 1.43 bits per heavy atom. The maximum absolute atomic E-state index is 11.2. The van der Waals surface area contributed by atoms with E-state index in [4.69, 9.17) is 4.74 Å². The summed E-state index contributed by atoms with van der Waals surface area (Å²) >= 11 is 1.94. The maximum atomic E-state index is 11.2. The third kappa shape index (κ3) is 2.23. The first kappa shape index (κ1) is 10.3. The monoisotopic (exact) mass is 215 g/mol.